The van der Waals surface area contributed by atoms with Crippen molar-refractivity contribution in [2.45, 2.75) is 12.8 Å². The molecule has 4 nitrogen and oxygen atoms in total. The second kappa shape index (κ2) is 4.93. The summed E-state index contributed by atoms with van der Waals surface area (Å²) in [5.74, 6) is 0.210. The predicted octanol–water partition coefficient (Wildman–Crippen LogP) is 1.03. The monoisotopic (exact) mass is 250 g/mol. The summed E-state index contributed by atoms with van der Waals surface area (Å²) in [4.78, 5) is 16.5. The lowest BCUT2D eigenvalue weighted by Crippen LogP contribution is -2.37. The summed E-state index contributed by atoms with van der Waals surface area (Å²) in [6.45, 7) is 1.85. The first-order chi connectivity index (χ1) is 6.15. The van der Waals surface area contributed by atoms with Crippen molar-refractivity contribution in [2.75, 3.05) is 27.2 Å². The molecule has 76 valence electrons. The van der Waals surface area contributed by atoms with Crippen LogP contribution < -0.4 is 0 Å². The van der Waals surface area contributed by atoms with Crippen LogP contribution in [0.1, 0.15) is 12.8 Å². The topological polar surface area (TPSA) is 32.8 Å². The van der Waals surface area contributed by atoms with E-state index in [1.165, 1.54) is 12.2 Å². The van der Waals surface area contributed by atoms with Gasteiger partial charge in [0.2, 0.25) is 5.91 Å². The van der Waals surface area contributed by atoms with Gasteiger partial charge in [-0.05, 0) is 12.8 Å². The molecule has 1 aliphatic heterocycles. The first-order valence-corrected chi connectivity index (χ1v) is 5.08. The molecule has 0 unspecified atom stereocenters. The van der Waals surface area contributed by atoms with Gasteiger partial charge in [-0.3, -0.25) is 9.63 Å². The van der Waals surface area contributed by atoms with Crippen molar-refractivity contribution >= 4 is 22.1 Å². The number of rotatable bonds is 2. The minimum atomic E-state index is 0.0862. The van der Waals surface area contributed by atoms with E-state index in [9.17, 15) is 4.79 Å². The first-order valence-electron chi connectivity index (χ1n) is 4.37. The van der Waals surface area contributed by atoms with Crippen molar-refractivity contribution < 1.29 is 9.63 Å². The first kappa shape index (κ1) is 10.9. The summed E-state index contributed by atoms with van der Waals surface area (Å²) in [5, 5.41) is 1.31. The number of carbonyl (C=O) groups is 1. The Morgan fingerprint density at radius 2 is 2.08 bits per heavy atom. The van der Waals surface area contributed by atoms with E-state index in [0.717, 1.165) is 25.9 Å². The number of carbonyl (C=O) groups excluding carboxylic acids is 1. The highest BCUT2D eigenvalue weighted by Crippen LogP contribution is 2.20. The third kappa shape index (κ3) is 2.93. The number of nitrogens with zero attached hydrogens (tertiary/aromatic N) is 2. The van der Waals surface area contributed by atoms with Crippen LogP contribution in [0.5, 0.6) is 0 Å². The maximum atomic E-state index is 11.6. The third-order valence-electron chi connectivity index (χ3n) is 2.37. The normalized spacial score (nSPS) is 20.2. The molecular formula is C8H15BrN2O2. The lowest BCUT2D eigenvalue weighted by molar-refractivity contribution is -0.174. The van der Waals surface area contributed by atoms with Gasteiger partial charge in [0.1, 0.15) is 0 Å². The van der Waals surface area contributed by atoms with Crippen LogP contribution in [0.3, 0.4) is 0 Å². The fraction of sp³-hybridized carbons (Fsp3) is 0.875. The quantitative estimate of drug-likeness (QED) is 0.542. The van der Waals surface area contributed by atoms with Gasteiger partial charge >= 0.3 is 0 Å². The lowest BCUT2D eigenvalue weighted by atomic mass is 9.97. The number of amides is 1. The molecule has 0 aromatic carbocycles. The molecule has 1 fully saturated rings. The molecule has 0 spiro atoms. The summed E-state index contributed by atoms with van der Waals surface area (Å²) in [7, 11) is 3.17. The molecule has 1 aliphatic rings. The van der Waals surface area contributed by atoms with Crippen LogP contribution in [0.25, 0.3) is 0 Å². The predicted molar refractivity (Wildman–Crippen MR) is 53.0 cm³/mol. The molecule has 5 heteroatoms. The lowest BCUT2D eigenvalue weighted by Gasteiger charge is -2.28. The molecule has 0 bridgehead atoms. The zero-order valence-electron chi connectivity index (χ0n) is 7.99. The fourth-order valence-corrected chi connectivity index (χ4v) is 1.85. The Labute approximate surface area is 87.1 Å². The number of halogens is 1. The van der Waals surface area contributed by atoms with E-state index >= 15 is 0 Å². The van der Waals surface area contributed by atoms with Gasteiger partial charge in [0.25, 0.3) is 0 Å². The molecule has 0 aromatic heterocycles. The highest BCUT2D eigenvalue weighted by Gasteiger charge is 2.26. The summed E-state index contributed by atoms with van der Waals surface area (Å²) in [5.41, 5.74) is 0. The van der Waals surface area contributed by atoms with Gasteiger partial charge in [0.15, 0.2) is 0 Å². The van der Waals surface area contributed by atoms with Gasteiger partial charge in [0.05, 0.1) is 7.11 Å². The van der Waals surface area contributed by atoms with Crippen molar-refractivity contribution in [1.29, 1.82) is 0 Å². The molecule has 1 rings (SSSR count). The van der Waals surface area contributed by atoms with E-state index in [0.29, 0.717) is 0 Å². The van der Waals surface area contributed by atoms with Gasteiger partial charge in [0, 0.05) is 42.2 Å². The Morgan fingerprint density at radius 3 is 2.54 bits per heavy atom. The average Bonchev–Trinajstić information content (AvgIpc) is 2.17. The van der Waals surface area contributed by atoms with Gasteiger partial charge in [-0.1, -0.05) is 0 Å². The van der Waals surface area contributed by atoms with Crippen LogP contribution in [0.4, 0.5) is 0 Å². The summed E-state index contributed by atoms with van der Waals surface area (Å²) in [6.07, 6.45) is 1.80. The van der Waals surface area contributed by atoms with Crippen molar-refractivity contribution in [3.63, 3.8) is 0 Å². The van der Waals surface area contributed by atoms with E-state index in [1.54, 1.807) is 7.05 Å². The highest BCUT2D eigenvalue weighted by atomic mass is 79.9. The number of hydrogen-bond donors (Lipinski definition) is 0. The van der Waals surface area contributed by atoms with Gasteiger partial charge in [-0.25, -0.2) is 8.99 Å². The summed E-state index contributed by atoms with van der Waals surface area (Å²) < 4.78 is 2.06. The summed E-state index contributed by atoms with van der Waals surface area (Å²) in [6, 6.07) is 0. The van der Waals surface area contributed by atoms with E-state index in [1.807, 2.05) is 0 Å². The molecule has 1 heterocycles. The van der Waals surface area contributed by atoms with Crippen LogP contribution in [0.2, 0.25) is 0 Å². The van der Waals surface area contributed by atoms with Gasteiger partial charge < -0.3 is 0 Å². The Morgan fingerprint density at radius 1 is 1.54 bits per heavy atom. The smallest absolute Gasteiger partial charge is 0.249 e. The molecule has 0 N–H and O–H groups in total. The Hall–Kier alpha value is -0.130. The minimum Gasteiger partial charge on any atom is -0.275 e. The fourth-order valence-electron chi connectivity index (χ4n) is 1.44. The third-order valence-corrected chi connectivity index (χ3v) is 3.08. The van der Waals surface area contributed by atoms with Crippen LogP contribution in [-0.4, -0.2) is 42.1 Å². The molecule has 1 amide bonds. The molecule has 0 radical (unpaired) electrons. The van der Waals surface area contributed by atoms with E-state index in [4.69, 9.17) is 4.84 Å². The SMILES string of the molecule is CON(C)C(=O)C1CCN(Br)CC1. The van der Waals surface area contributed by atoms with E-state index in [2.05, 4.69) is 20.1 Å². The zero-order valence-corrected chi connectivity index (χ0v) is 9.58. The molecule has 0 aliphatic carbocycles. The number of hydroxylamine groups is 2. The van der Waals surface area contributed by atoms with E-state index < -0.39 is 0 Å². The minimum absolute atomic E-state index is 0.0862. The average molecular weight is 251 g/mol. The number of hydrogen-bond acceptors (Lipinski definition) is 3. The van der Waals surface area contributed by atoms with Gasteiger partial charge in [-0.15, -0.1) is 0 Å². The van der Waals surface area contributed by atoms with Crippen molar-refractivity contribution in [3.05, 3.63) is 0 Å². The second-order valence-corrected chi connectivity index (χ2v) is 4.21. The largest absolute Gasteiger partial charge is 0.275 e. The maximum Gasteiger partial charge on any atom is 0.249 e. The van der Waals surface area contributed by atoms with Crippen molar-refractivity contribution in [1.82, 2.24) is 8.99 Å². The van der Waals surface area contributed by atoms with Gasteiger partial charge in [-0.2, -0.15) is 0 Å². The Bertz CT molecular complexity index is 181. The van der Waals surface area contributed by atoms with Crippen molar-refractivity contribution in [3.8, 4) is 0 Å². The second-order valence-electron chi connectivity index (χ2n) is 3.20. The van der Waals surface area contributed by atoms with Crippen LogP contribution in [-0.2, 0) is 9.63 Å². The standard InChI is InChI=1S/C8H15BrN2O2/c1-10(13-2)8(12)7-3-5-11(9)6-4-7/h7H,3-6H2,1-2H3. The van der Waals surface area contributed by atoms with Crippen LogP contribution >= 0.6 is 16.1 Å². The molecule has 1 saturated heterocycles. The summed E-state index contributed by atoms with van der Waals surface area (Å²) >= 11 is 3.40. The Kier molecular flexibility index (Phi) is 4.15. The van der Waals surface area contributed by atoms with Crippen LogP contribution in [0.15, 0.2) is 0 Å². The van der Waals surface area contributed by atoms with Crippen LogP contribution in [0, 0.1) is 5.92 Å². The number of piperidine rings is 1. The molecule has 0 atom stereocenters. The molecule has 0 aromatic rings. The maximum absolute atomic E-state index is 11.6. The molecule has 13 heavy (non-hydrogen) atoms. The zero-order chi connectivity index (χ0) is 9.84. The molecule has 0 saturated carbocycles. The Balaban J connectivity index is 2.40. The van der Waals surface area contributed by atoms with Crippen molar-refractivity contribution in [2.24, 2.45) is 5.92 Å². The molecular weight excluding hydrogens is 236 g/mol. The van der Waals surface area contributed by atoms with E-state index in [-0.39, 0.29) is 11.8 Å². The highest BCUT2D eigenvalue weighted by molar-refractivity contribution is 9.07.